The summed E-state index contributed by atoms with van der Waals surface area (Å²) in [5.74, 6) is -1.67. The molecule has 7 heteroatoms. The molecule has 15 heavy (non-hydrogen) atoms. The summed E-state index contributed by atoms with van der Waals surface area (Å²) in [6.07, 6.45) is -4.68. The van der Waals surface area contributed by atoms with Gasteiger partial charge < -0.3 is 10.1 Å². The minimum atomic E-state index is -4.90. The van der Waals surface area contributed by atoms with Crippen LogP contribution in [0.3, 0.4) is 0 Å². The molecule has 1 aromatic carbocycles. The summed E-state index contributed by atoms with van der Waals surface area (Å²) >= 11 is 0. The summed E-state index contributed by atoms with van der Waals surface area (Å²) in [6.45, 7) is 0. The number of ether oxygens (including phenoxy) is 1. The molecule has 0 aliphatic carbocycles. The van der Waals surface area contributed by atoms with E-state index < -0.39 is 17.9 Å². The molecule has 1 N–H and O–H groups in total. The van der Waals surface area contributed by atoms with E-state index in [0.29, 0.717) is 6.07 Å². The van der Waals surface area contributed by atoms with E-state index in [9.17, 15) is 22.4 Å². The number of carbonyl (C=O) groups is 1. The van der Waals surface area contributed by atoms with E-state index >= 15 is 0 Å². The molecule has 0 saturated heterocycles. The van der Waals surface area contributed by atoms with Gasteiger partial charge in [0.15, 0.2) is 0 Å². The third kappa shape index (κ3) is 3.84. The van der Waals surface area contributed by atoms with Gasteiger partial charge in [0.2, 0.25) is 6.41 Å². The van der Waals surface area contributed by atoms with Crippen LogP contribution < -0.4 is 10.1 Å². The fourth-order valence-electron chi connectivity index (χ4n) is 0.907. The highest BCUT2D eigenvalue weighted by Gasteiger charge is 2.31. The molecule has 0 aliphatic rings. The topological polar surface area (TPSA) is 38.3 Å². The van der Waals surface area contributed by atoms with Gasteiger partial charge in [-0.1, -0.05) is 0 Å². The Kier molecular flexibility index (Phi) is 3.13. The van der Waals surface area contributed by atoms with Crippen LogP contribution in [0, 0.1) is 5.82 Å². The van der Waals surface area contributed by atoms with Crippen molar-refractivity contribution in [1.29, 1.82) is 0 Å². The summed E-state index contributed by atoms with van der Waals surface area (Å²) < 4.78 is 51.5. The third-order valence-corrected chi connectivity index (χ3v) is 1.33. The third-order valence-electron chi connectivity index (χ3n) is 1.33. The predicted octanol–water partition coefficient (Wildman–Crippen LogP) is 2.29. The number of rotatable bonds is 3. The molecule has 3 nitrogen and oxygen atoms in total. The number of carbonyl (C=O) groups excluding carboxylic acids is 1. The van der Waals surface area contributed by atoms with Crippen LogP contribution in [0.4, 0.5) is 23.2 Å². The van der Waals surface area contributed by atoms with Crippen molar-refractivity contribution < 1.29 is 27.1 Å². The first-order valence-electron chi connectivity index (χ1n) is 3.67. The first kappa shape index (κ1) is 11.3. The van der Waals surface area contributed by atoms with Crippen LogP contribution in [0.5, 0.6) is 5.75 Å². The van der Waals surface area contributed by atoms with Gasteiger partial charge in [-0.25, -0.2) is 4.39 Å². The minimum Gasteiger partial charge on any atom is -0.406 e. The van der Waals surface area contributed by atoms with Crippen molar-refractivity contribution >= 4 is 12.1 Å². The van der Waals surface area contributed by atoms with Gasteiger partial charge in [0.1, 0.15) is 11.6 Å². The van der Waals surface area contributed by atoms with Crippen LogP contribution in [0.15, 0.2) is 18.2 Å². The summed E-state index contributed by atoms with van der Waals surface area (Å²) in [5.41, 5.74) is -0.121. The second-order valence-electron chi connectivity index (χ2n) is 2.49. The quantitative estimate of drug-likeness (QED) is 0.630. The first-order valence-corrected chi connectivity index (χ1v) is 3.67. The number of hydrogen-bond donors (Lipinski definition) is 1. The minimum absolute atomic E-state index is 0.121. The fourth-order valence-corrected chi connectivity index (χ4v) is 0.907. The lowest BCUT2D eigenvalue weighted by Crippen LogP contribution is -2.17. The Labute approximate surface area is 81.6 Å². The van der Waals surface area contributed by atoms with Crippen LogP contribution >= 0.6 is 0 Å². The SMILES string of the molecule is O=CNc1cc(F)cc(OC(F)(F)F)c1. The average molecular weight is 223 g/mol. The van der Waals surface area contributed by atoms with E-state index in [0.717, 1.165) is 12.1 Å². The van der Waals surface area contributed by atoms with Crippen LogP contribution in [-0.2, 0) is 4.79 Å². The molecule has 0 radical (unpaired) electrons. The molecule has 0 aromatic heterocycles. The predicted molar refractivity (Wildman–Crippen MR) is 42.8 cm³/mol. The molecule has 0 saturated carbocycles. The van der Waals surface area contributed by atoms with Crippen molar-refractivity contribution in [2.45, 2.75) is 6.36 Å². The van der Waals surface area contributed by atoms with Gasteiger partial charge >= 0.3 is 6.36 Å². The smallest absolute Gasteiger partial charge is 0.406 e. The average Bonchev–Trinajstić information content (AvgIpc) is 1.99. The Morgan fingerprint density at radius 3 is 2.47 bits per heavy atom. The molecule has 0 heterocycles. The van der Waals surface area contributed by atoms with E-state index in [1.807, 2.05) is 5.32 Å². The van der Waals surface area contributed by atoms with Gasteiger partial charge in [-0.15, -0.1) is 13.2 Å². The Bertz CT molecular complexity index is 364. The molecule has 0 bridgehead atoms. The largest absolute Gasteiger partial charge is 0.573 e. The monoisotopic (exact) mass is 223 g/mol. The number of nitrogens with one attached hydrogen (secondary N) is 1. The Morgan fingerprint density at radius 2 is 1.93 bits per heavy atom. The summed E-state index contributed by atoms with van der Waals surface area (Å²) in [6, 6.07) is 2.27. The van der Waals surface area contributed by atoms with E-state index in [-0.39, 0.29) is 12.1 Å². The second kappa shape index (κ2) is 4.16. The fraction of sp³-hybridized carbons (Fsp3) is 0.125. The lowest BCUT2D eigenvalue weighted by Gasteiger charge is -2.09. The lowest BCUT2D eigenvalue weighted by molar-refractivity contribution is -0.274. The van der Waals surface area contributed by atoms with E-state index in [2.05, 4.69) is 4.74 Å². The second-order valence-corrected chi connectivity index (χ2v) is 2.49. The Hall–Kier alpha value is -1.79. The van der Waals surface area contributed by atoms with Gasteiger partial charge in [0.05, 0.1) is 0 Å². The van der Waals surface area contributed by atoms with Crippen molar-refractivity contribution in [1.82, 2.24) is 0 Å². The molecule has 0 aliphatic heterocycles. The molecule has 0 unspecified atom stereocenters. The normalized spacial score (nSPS) is 10.9. The van der Waals surface area contributed by atoms with Crippen molar-refractivity contribution in [3.8, 4) is 5.75 Å². The molecule has 0 spiro atoms. The first-order chi connectivity index (χ1) is 6.90. The number of hydrogen-bond acceptors (Lipinski definition) is 2. The summed E-state index contributed by atoms with van der Waals surface area (Å²) in [5, 5.41) is 2.01. The molecule has 1 amide bonds. The van der Waals surface area contributed by atoms with E-state index in [1.54, 1.807) is 0 Å². The molecule has 82 valence electrons. The van der Waals surface area contributed by atoms with Crippen LogP contribution in [0.1, 0.15) is 0 Å². The molecule has 0 fully saturated rings. The van der Waals surface area contributed by atoms with Gasteiger partial charge in [-0.2, -0.15) is 0 Å². The number of amides is 1. The highest BCUT2D eigenvalue weighted by Crippen LogP contribution is 2.26. The van der Waals surface area contributed by atoms with Crippen molar-refractivity contribution in [3.63, 3.8) is 0 Å². The molecular weight excluding hydrogens is 218 g/mol. The maximum Gasteiger partial charge on any atom is 0.573 e. The number of benzene rings is 1. The lowest BCUT2D eigenvalue weighted by atomic mass is 10.3. The zero-order valence-corrected chi connectivity index (χ0v) is 7.14. The summed E-state index contributed by atoms with van der Waals surface area (Å²) in [7, 11) is 0. The van der Waals surface area contributed by atoms with Gasteiger partial charge in [0.25, 0.3) is 0 Å². The molecular formula is C8H5F4NO2. The van der Waals surface area contributed by atoms with Crippen molar-refractivity contribution in [3.05, 3.63) is 24.0 Å². The highest BCUT2D eigenvalue weighted by atomic mass is 19.4. The molecule has 0 atom stereocenters. The zero-order valence-electron chi connectivity index (χ0n) is 7.14. The van der Waals surface area contributed by atoms with Crippen LogP contribution in [0.25, 0.3) is 0 Å². The van der Waals surface area contributed by atoms with E-state index in [1.165, 1.54) is 0 Å². The number of halogens is 4. The van der Waals surface area contributed by atoms with Crippen LogP contribution in [0.2, 0.25) is 0 Å². The Balaban J connectivity index is 2.93. The zero-order chi connectivity index (χ0) is 11.5. The molecule has 1 rings (SSSR count). The van der Waals surface area contributed by atoms with Crippen molar-refractivity contribution in [2.24, 2.45) is 0 Å². The number of alkyl halides is 3. The van der Waals surface area contributed by atoms with E-state index in [4.69, 9.17) is 0 Å². The maximum absolute atomic E-state index is 12.7. The molecule has 1 aromatic rings. The van der Waals surface area contributed by atoms with Gasteiger partial charge in [-0.05, 0) is 6.07 Å². The summed E-state index contributed by atoms with van der Waals surface area (Å²) in [4.78, 5) is 9.99. The van der Waals surface area contributed by atoms with Gasteiger partial charge in [0, 0.05) is 17.8 Å². The Morgan fingerprint density at radius 1 is 1.27 bits per heavy atom. The number of anilines is 1. The standard InChI is InChI=1S/C8H5F4NO2/c9-5-1-6(13-4-14)3-7(2-5)15-8(10,11)12/h1-4H,(H,13,14). The van der Waals surface area contributed by atoms with Gasteiger partial charge in [-0.3, -0.25) is 4.79 Å². The maximum atomic E-state index is 12.7. The highest BCUT2D eigenvalue weighted by molar-refractivity contribution is 5.71. The van der Waals surface area contributed by atoms with Crippen LogP contribution in [-0.4, -0.2) is 12.8 Å². The van der Waals surface area contributed by atoms with Crippen molar-refractivity contribution in [2.75, 3.05) is 5.32 Å².